The van der Waals surface area contributed by atoms with Gasteiger partial charge < -0.3 is 14.7 Å². The summed E-state index contributed by atoms with van der Waals surface area (Å²) in [5, 5.41) is 7.10. The van der Waals surface area contributed by atoms with E-state index in [1.165, 1.54) is 5.56 Å². The summed E-state index contributed by atoms with van der Waals surface area (Å²) < 4.78 is 5.31. The Bertz CT molecular complexity index is 850. The Morgan fingerprint density at radius 3 is 2.40 bits per heavy atom. The van der Waals surface area contributed by atoms with Crippen LogP contribution in [0.1, 0.15) is 64.3 Å². The van der Waals surface area contributed by atoms with E-state index in [-0.39, 0.29) is 23.8 Å². The molecule has 2 aromatic rings. The van der Waals surface area contributed by atoms with Crippen molar-refractivity contribution in [2.45, 2.75) is 65.3 Å². The highest BCUT2D eigenvalue weighted by Gasteiger charge is 2.25. The SMILES string of the molecule is CC(C)C(=O)N1CCC(NC(=O)CCc2nc(-c3ccc(C(C)C)cc3)no2)CC1. The molecular formula is C23H32N4O3. The van der Waals surface area contributed by atoms with Gasteiger partial charge in [0.15, 0.2) is 0 Å². The molecule has 3 rings (SSSR count). The van der Waals surface area contributed by atoms with Gasteiger partial charge in [0.05, 0.1) is 0 Å². The van der Waals surface area contributed by atoms with E-state index in [2.05, 4.69) is 41.4 Å². The summed E-state index contributed by atoms with van der Waals surface area (Å²) in [5.41, 5.74) is 2.17. The predicted octanol–water partition coefficient (Wildman–Crippen LogP) is 3.56. The van der Waals surface area contributed by atoms with E-state index in [0.717, 1.165) is 18.4 Å². The monoisotopic (exact) mass is 412 g/mol. The molecular weight excluding hydrogens is 380 g/mol. The minimum absolute atomic E-state index is 0.0172. The summed E-state index contributed by atoms with van der Waals surface area (Å²) in [6.45, 7) is 9.54. The largest absolute Gasteiger partial charge is 0.353 e. The van der Waals surface area contributed by atoms with Crippen LogP contribution in [0.3, 0.4) is 0 Å². The first-order valence-electron chi connectivity index (χ1n) is 10.8. The normalized spacial score (nSPS) is 15.1. The number of piperidine rings is 1. The number of aromatic nitrogens is 2. The Kier molecular flexibility index (Phi) is 7.24. The molecule has 2 amide bonds. The van der Waals surface area contributed by atoms with E-state index in [4.69, 9.17) is 4.52 Å². The second kappa shape index (κ2) is 9.87. The summed E-state index contributed by atoms with van der Waals surface area (Å²) in [4.78, 5) is 30.7. The van der Waals surface area contributed by atoms with Gasteiger partial charge in [-0.3, -0.25) is 9.59 Å². The molecule has 2 heterocycles. The van der Waals surface area contributed by atoms with Crippen LogP contribution in [0.15, 0.2) is 28.8 Å². The van der Waals surface area contributed by atoms with Gasteiger partial charge in [-0.05, 0) is 24.3 Å². The highest BCUT2D eigenvalue weighted by atomic mass is 16.5. The Balaban J connectivity index is 1.44. The molecule has 1 aromatic heterocycles. The molecule has 0 saturated carbocycles. The molecule has 1 aromatic carbocycles. The lowest BCUT2D eigenvalue weighted by atomic mass is 10.0. The second-order valence-corrected chi connectivity index (χ2v) is 8.61. The quantitative estimate of drug-likeness (QED) is 0.751. The maximum atomic E-state index is 12.3. The van der Waals surface area contributed by atoms with E-state index >= 15 is 0 Å². The molecule has 0 radical (unpaired) electrons. The predicted molar refractivity (Wildman–Crippen MR) is 115 cm³/mol. The zero-order valence-corrected chi connectivity index (χ0v) is 18.4. The number of benzene rings is 1. The number of nitrogens with one attached hydrogen (secondary N) is 1. The van der Waals surface area contributed by atoms with Gasteiger partial charge >= 0.3 is 0 Å². The molecule has 0 unspecified atom stereocenters. The standard InChI is InChI=1S/C23H32N4O3/c1-15(2)17-5-7-18(8-6-17)22-25-21(30-26-22)10-9-20(28)24-19-11-13-27(14-12-19)23(29)16(3)4/h5-8,15-16,19H,9-14H2,1-4H3,(H,24,28). The first-order valence-corrected chi connectivity index (χ1v) is 10.8. The van der Waals surface area contributed by atoms with Gasteiger partial charge in [0, 0.05) is 43.5 Å². The number of carbonyl (C=O) groups is 2. The van der Waals surface area contributed by atoms with E-state index in [0.29, 0.717) is 43.6 Å². The van der Waals surface area contributed by atoms with Crippen molar-refractivity contribution in [1.82, 2.24) is 20.4 Å². The van der Waals surface area contributed by atoms with E-state index in [1.54, 1.807) is 0 Å². The lowest BCUT2D eigenvalue weighted by Gasteiger charge is -2.33. The van der Waals surface area contributed by atoms with E-state index in [9.17, 15) is 9.59 Å². The molecule has 0 atom stereocenters. The highest BCUT2D eigenvalue weighted by Crippen LogP contribution is 2.21. The van der Waals surface area contributed by atoms with Crippen molar-refractivity contribution < 1.29 is 14.1 Å². The van der Waals surface area contributed by atoms with Crippen LogP contribution in [0.4, 0.5) is 0 Å². The number of amides is 2. The van der Waals surface area contributed by atoms with Crippen molar-refractivity contribution in [1.29, 1.82) is 0 Å². The van der Waals surface area contributed by atoms with Crippen LogP contribution < -0.4 is 5.32 Å². The Morgan fingerprint density at radius 1 is 1.13 bits per heavy atom. The van der Waals surface area contributed by atoms with Crippen molar-refractivity contribution >= 4 is 11.8 Å². The molecule has 1 aliphatic rings. The van der Waals surface area contributed by atoms with Crippen molar-refractivity contribution in [2.75, 3.05) is 13.1 Å². The molecule has 7 nitrogen and oxygen atoms in total. The topological polar surface area (TPSA) is 88.3 Å². The summed E-state index contributed by atoms with van der Waals surface area (Å²) >= 11 is 0. The minimum Gasteiger partial charge on any atom is -0.353 e. The van der Waals surface area contributed by atoms with Crippen LogP contribution in [0.2, 0.25) is 0 Å². The fourth-order valence-electron chi connectivity index (χ4n) is 3.62. The van der Waals surface area contributed by atoms with Crippen molar-refractivity contribution in [2.24, 2.45) is 5.92 Å². The molecule has 1 saturated heterocycles. The van der Waals surface area contributed by atoms with Crippen LogP contribution in [-0.2, 0) is 16.0 Å². The number of aryl methyl sites for hydroxylation is 1. The third-order valence-corrected chi connectivity index (χ3v) is 5.54. The maximum Gasteiger partial charge on any atom is 0.227 e. The van der Waals surface area contributed by atoms with Crippen LogP contribution in [0.5, 0.6) is 0 Å². The maximum absolute atomic E-state index is 12.3. The number of rotatable bonds is 7. The number of likely N-dealkylation sites (tertiary alicyclic amines) is 1. The fraction of sp³-hybridized carbons (Fsp3) is 0.565. The summed E-state index contributed by atoms with van der Waals surface area (Å²) in [6.07, 6.45) is 2.30. The molecule has 1 aliphatic heterocycles. The number of carbonyl (C=O) groups excluding carboxylic acids is 2. The smallest absolute Gasteiger partial charge is 0.227 e. The summed E-state index contributed by atoms with van der Waals surface area (Å²) in [7, 11) is 0. The fourth-order valence-corrected chi connectivity index (χ4v) is 3.62. The van der Waals surface area contributed by atoms with Crippen molar-refractivity contribution in [3.8, 4) is 11.4 Å². The number of nitrogens with zero attached hydrogens (tertiary/aromatic N) is 3. The molecule has 162 valence electrons. The van der Waals surface area contributed by atoms with Gasteiger partial charge in [0.1, 0.15) is 0 Å². The molecule has 7 heteroatoms. The zero-order valence-electron chi connectivity index (χ0n) is 18.4. The van der Waals surface area contributed by atoms with Gasteiger partial charge in [-0.25, -0.2) is 0 Å². The molecule has 1 fully saturated rings. The minimum atomic E-state index is -0.0235. The zero-order chi connectivity index (χ0) is 21.7. The van der Waals surface area contributed by atoms with E-state index < -0.39 is 0 Å². The lowest BCUT2D eigenvalue weighted by molar-refractivity contribution is -0.135. The summed E-state index contributed by atoms with van der Waals surface area (Å²) in [6, 6.07) is 8.25. The number of hydrogen-bond acceptors (Lipinski definition) is 5. The average molecular weight is 413 g/mol. The molecule has 0 aliphatic carbocycles. The van der Waals surface area contributed by atoms with Gasteiger partial charge in [0.25, 0.3) is 0 Å². The van der Waals surface area contributed by atoms with Gasteiger partial charge in [0.2, 0.25) is 23.5 Å². The lowest BCUT2D eigenvalue weighted by Crippen LogP contribution is -2.47. The summed E-state index contributed by atoms with van der Waals surface area (Å²) in [5.74, 6) is 1.66. The van der Waals surface area contributed by atoms with E-state index in [1.807, 2.05) is 30.9 Å². The van der Waals surface area contributed by atoms with Crippen LogP contribution in [0, 0.1) is 5.92 Å². The Hall–Kier alpha value is -2.70. The Labute approximate surface area is 178 Å². The molecule has 30 heavy (non-hydrogen) atoms. The highest BCUT2D eigenvalue weighted by molar-refractivity contribution is 5.78. The number of hydrogen-bond donors (Lipinski definition) is 1. The average Bonchev–Trinajstić information content (AvgIpc) is 3.21. The first-order chi connectivity index (χ1) is 14.3. The third kappa shape index (κ3) is 5.68. The third-order valence-electron chi connectivity index (χ3n) is 5.54. The molecule has 0 bridgehead atoms. The molecule has 0 spiro atoms. The van der Waals surface area contributed by atoms with Gasteiger partial charge in [-0.15, -0.1) is 0 Å². The van der Waals surface area contributed by atoms with Gasteiger partial charge in [-0.1, -0.05) is 57.1 Å². The Morgan fingerprint density at radius 2 is 1.80 bits per heavy atom. The van der Waals surface area contributed by atoms with Gasteiger partial charge in [-0.2, -0.15) is 4.98 Å². The second-order valence-electron chi connectivity index (χ2n) is 8.61. The molecule has 1 N–H and O–H groups in total. The van der Waals surface area contributed by atoms with Crippen molar-refractivity contribution in [3.05, 3.63) is 35.7 Å². The van der Waals surface area contributed by atoms with Crippen molar-refractivity contribution in [3.63, 3.8) is 0 Å². The van der Waals surface area contributed by atoms with Crippen LogP contribution >= 0.6 is 0 Å². The van der Waals surface area contributed by atoms with Crippen LogP contribution in [0.25, 0.3) is 11.4 Å². The first kappa shape index (κ1) is 22.0. The van der Waals surface area contributed by atoms with Crippen LogP contribution in [-0.4, -0.2) is 46.0 Å².